The summed E-state index contributed by atoms with van der Waals surface area (Å²) < 4.78 is 29.8. The summed E-state index contributed by atoms with van der Waals surface area (Å²) in [6, 6.07) is 0.512. The van der Waals surface area contributed by atoms with E-state index in [2.05, 4.69) is 9.62 Å². The second kappa shape index (κ2) is 6.50. The number of fused-ring (bicyclic) bond motifs is 1. The fourth-order valence-corrected chi connectivity index (χ4v) is 5.53. The minimum atomic E-state index is -3.33. The van der Waals surface area contributed by atoms with E-state index in [9.17, 15) is 8.42 Å². The first-order valence-electron chi connectivity index (χ1n) is 8.31. The Morgan fingerprint density at radius 2 is 1.76 bits per heavy atom. The number of rotatable bonds is 4. The van der Waals surface area contributed by atoms with Gasteiger partial charge in [0.25, 0.3) is 10.2 Å². The van der Waals surface area contributed by atoms with Gasteiger partial charge in [-0.1, -0.05) is 6.42 Å². The molecule has 3 N–H and O–H groups in total. The van der Waals surface area contributed by atoms with E-state index < -0.39 is 10.2 Å². The summed E-state index contributed by atoms with van der Waals surface area (Å²) in [5.74, 6) is 0.483. The third-order valence-electron chi connectivity index (χ3n) is 5.40. The maximum atomic E-state index is 12.6. The van der Waals surface area contributed by atoms with Crippen molar-refractivity contribution in [2.45, 2.75) is 50.6 Å². The smallest absolute Gasteiger partial charge is 0.279 e. The van der Waals surface area contributed by atoms with Crippen LogP contribution in [-0.2, 0) is 10.2 Å². The van der Waals surface area contributed by atoms with Crippen LogP contribution >= 0.6 is 0 Å². The first-order chi connectivity index (χ1) is 10.1. The van der Waals surface area contributed by atoms with Gasteiger partial charge in [-0.25, -0.2) is 0 Å². The molecule has 0 bridgehead atoms. The van der Waals surface area contributed by atoms with E-state index in [1.54, 1.807) is 4.31 Å². The van der Waals surface area contributed by atoms with Gasteiger partial charge in [-0.15, -0.1) is 0 Å². The Balaban J connectivity index is 1.58. The van der Waals surface area contributed by atoms with Crippen LogP contribution in [-0.4, -0.2) is 62.4 Å². The highest BCUT2D eigenvalue weighted by molar-refractivity contribution is 7.87. The van der Waals surface area contributed by atoms with Gasteiger partial charge >= 0.3 is 0 Å². The van der Waals surface area contributed by atoms with E-state index in [-0.39, 0.29) is 6.04 Å². The minimum absolute atomic E-state index is 0.0996. The van der Waals surface area contributed by atoms with Crippen molar-refractivity contribution >= 4 is 10.2 Å². The molecule has 0 spiro atoms. The van der Waals surface area contributed by atoms with Gasteiger partial charge in [-0.3, -0.25) is 4.90 Å². The van der Waals surface area contributed by atoms with Crippen molar-refractivity contribution in [2.75, 3.05) is 32.7 Å². The van der Waals surface area contributed by atoms with Crippen molar-refractivity contribution < 1.29 is 8.42 Å². The molecule has 0 amide bonds. The predicted molar refractivity (Wildman–Crippen MR) is 83.0 cm³/mol. The monoisotopic (exact) mass is 316 g/mol. The van der Waals surface area contributed by atoms with Gasteiger partial charge in [0.2, 0.25) is 0 Å². The standard InChI is InChI=1S/C14H28N4O2S/c15-11-12-4-9-18(10-5-12)21(19,20)16-13-6-8-17-7-2-1-3-14(13)17/h12-14,16H,1-11,15H2. The van der Waals surface area contributed by atoms with Gasteiger partial charge in [-0.2, -0.15) is 17.4 Å². The molecule has 2 unspecified atom stereocenters. The van der Waals surface area contributed by atoms with E-state index in [4.69, 9.17) is 5.73 Å². The third-order valence-corrected chi connectivity index (χ3v) is 7.05. The molecule has 3 fully saturated rings. The Kier molecular flexibility index (Phi) is 4.85. The molecule has 21 heavy (non-hydrogen) atoms. The van der Waals surface area contributed by atoms with Crippen LogP contribution in [0.2, 0.25) is 0 Å². The molecule has 3 aliphatic rings. The Hall–Kier alpha value is -0.210. The van der Waals surface area contributed by atoms with Crippen molar-refractivity contribution in [3.63, 3.8) is 0 Å². The van der Waals surface area contributed by atoms with Crippen LogP contribution < -0.4 is 10.5 Å². The van der Waals surface area contributed by atoms with Crippen LogP contribution in [0.3, 0.4) is 0 Å². The summed E-state index contributed by atoms with van der Waals surface area (Å²) in [5.41, 5.74) is 5.67. The van der Waals surface area contributed by atoms with Crippen LogP contribution in [0.5, 0.6) is 0 Å². The van der Waals surface area contributed by atoms with Crippen LogP contribution in [0.1, 0.15) is 38.5 Å². The summed E-state index contributed by atoms with van der Waals surface area (Å²) in [6.07, 6.45) is 6.32. The fourth-order valence-electron chi connectivity index (χ4n) is 4.04. The van der Waals surface area contributed by atoms with Gasteiger partial charge in [0.1, 0.15) is 0 Å². The highest BCUT2D eigenvalue weighted by Gasteiger charge is 2.39. The van der Waals surface area contributed by atoms with Crippen LogP contribution in [0.15, 0.2) is 0 Å². The first kappa shape index (κ1) is 15.7. The lowest BCUT2D eigenvalue weighted by Gasteiger charge is -2.35. The van der Waals surface area contributed by atoms with Gasteiger partial charge in [0.15, 0.2) is 0 Å². The van der Waals surface area contributed by atoms with E-state index in [0.29, 0.717) is 31.6 Å². The molecule has 3 heterocycles. The second-order valence-electron chi connectivity index (χ2n) is 6.70. The topological polar surface area (TPSA) is 78.7 Å². The molecule has 3 rings (SSSR count). The zero-order valence-corrected chi connectivity index (χ0v) is 13.5. The first-order valence-corrected chi connectivity index (χ1v) is 9.75. The molecule has 0 saturated carbocycles. The minimum Gasteiger partial charge on any atom is -0.330 e. The molecule has 122 valence electrons. The van der Waals surface area contributed by atoms with Gasteiger partial charge < -0.3 is 5.73 Å². The predicted octanol–water partition coefficient (Wildman–Crippen LogP) is 0.118. The third kappa shape index (κ3) is 3.42. The van der Waals surface area contributed by atoms with Crippen molar-refractivity contribution in [3.05, 3.63) is 0 Å². The molecule has 2 atom stereocenters. The normalized spacial score (nSPS) is 33.2. The van der Waals surface area contributed by atoms with Crippen LogP contribution in [0.4, 0.5) is 0 Å². The Morgan fingerprint density at radius 3 is 2.48 bits per heavy atom. The number of hydrogen-bond donors (Lipinski definition) is 2. The summed E-state index contributed by atoms with van der Waals surface area (Å²) in [5, 5.41) is 0. The summed E-state index contributed by atoms with van der Waals surface area (Å²) in [6.45, 7) is 4.05. The highest BCUT2D eigenvalue weighted by Crippen LogP contribution is 2.28. The maximum absolute atomic E-state index is 12.6. The summed E-state index contributed by atoms with van der Waals surface area (Å²) in [4.78, 5) is 2.46. The molecular formula is C14H28N4O2S. The number of piperidine rings is 2. The van der Waals surface area contributed by atoms with E-state index in [0.717, 1.165) is 38.8 Å². The van der Waals surface area contributed by atoms with Gasteiger partial charge in [-0.05, 0) is 51.1 Å². The second-order valence-corrected chi connectivity index (χ2v) is 8.40. The highest BCUT2D eigenvalue weighted by atomic mass is 32.2. The van der Waals surface area contributed by atoms with Crippen molar-refractivity contribution in [3.8, 4) is 0 Å². The zero-order chi connectivity index (χ0) is 14.9. The maximum Gasteiger partial charge on any atom is 0.279 e. The lowest BCUT2D eigenvalue weighted by Crippen LogP contribution is -2.52. The summed E-state index contributed by atoms with van der Waals surface area (Å²) >= 11 is 0. The molecule has 7 heteroatoms. The molecule has 0 aromatic rings. The van der Waals surface area contributed by atoms with Gasteiger partial charge in [0.05, 0.1) is 0 Å². The molecule has 3 saturated heterocycles. The lowest BCUT2D eigenvalue weighted by molar-refractivity contribution is 0.185. The van der Waals surface area contributed by atoms with Crippen molar-refractivity contribution in [1.82, 2.24) is 13.9 Å². The Labute approximate surface area is 128 Å². The number of nitrogens with one attached hydrogen (secondary N) is 1. The lowest BCUT2D eigenvalue weighted by atomic mass is 9.99. The van der Waals surface area contributed by atoms with Crippen molar-refractivity contribution in [1.29, 1.82) is 0 Å². The fraction of sp³-hybridized carbons (Fsp3) is 1.00. The largest absolute Gasteiger partial charge is 0.330 e. The molecule has 3 aliphatic heterocycles. The van der Waals surface area contributed by atoms with Crippen molar-refractivity contribution in [2.24, 2.45) is 11.7 Å². The van der Waals surface area contributed by atoms with Gasteiger partial charge in [0, 0.05) is 31.7 Å². The SMILES string of the molecule is NCC1CCN(S(=O)(=O)NC2CCN3CCCCC23)CC1. The molecular weight excluding hydrogens is 288 g/mol. The zero-order valence-electron chi connectivity index (χ0n) is 12.7. The summed E-state index contributed by atoms with van der Waals surface area (Å²) in [7, 11) is -3.33. The molecule has 0 aromatic heterocycles. The Bertz CT molecular complexity index is 448. The number of hydrogen-bond acceptors (Lipinski definition) is 4. The molecule has 0 aromatic carbocycles. The van der Waals surface area contributed by atoms with E-state index in [1.165, 1.54) is 12.8 Å². The number of nitrogens with zero attached hydrogens (tertiary/aromatic N) is 2. The molecule has 0 radical (unpaired) electrons. The number of nitrogens with two attached hydrogens (primary N) is 1. The quantitative estimate of drug-likeness (QED) is 0.772. The van der Waals surface area contributed by atoms with E-state index >= 15 is 0 Å². The average molecular weight is 316 g/mol. The Morgan fingerprint density at radius 1 is 1.00 bits per heavy atom. The average Bonchev–Trinajstić information content (AvgIpc) is 2.90. The van der Waals surface area contributed by atoms with Crippen LogP contribution in [0, 0.1) is 5.92 Å². The molecule has 0 aliphatic carbocycles. The van der Waals surface area contributed by atoms with E-state index in [1.807, 2.05) is 0 Å². The molecule has 6 nitrogen and oxygen atoms in total. The van der Waals surface area contributed by atoms with Crippen LogP contribution in [0.25, 0.3) is 0 Å².